The minimum atomic E-state index is -4.48. The molecular weight excluding hydrogens is 445 g/mol. The van der Waals surface area contributed by atoms with E-state index >= 15 is 0 Å². The molecule has 0 radical (unpaired) electrons. The highest BCUT2D eigenvalue weighted by Crippen LogP contribution is 2.42. The summed E-state index contributed by atoms with van der Waals surface area (Å²) < 4.78 is 46.4. The summed E-state index contributed by atoms with van der Waals surface area (Å²) in [4.78, 5) is 19.2. The van der Waals surface area contributed by atoms with Gasteiger partial charge in [0.05, 0.1) is 29.5 Å². The summed E-state index contributed by atoms with van der Waals surface area (Å²) in [6, 6.07) is 4.51. The Balaban J connectivity index is 1.75. The summed E-state index contributed by atoms with van der Waals surface area (Å²) in [5.74, 6) is -0.0854. The molecule has 1 aliphatic rings. The van der Waals surface area contributed by atoms with Crippen LogP contribution in [-0.4, -0.2) is 50.8 Å². The van der Waals surface area contributed by atoms with Gasteiger partial charge in [0.1, 0.15) is 0 Å². The average molecular weight is 469 g/mol. The third-order valence-corrected chi connectivity index (χ3v) is 6.84. The van der Waals surface area contributed by atoms with Crippen LogP contribution in [0.15, 0.2) is 24.3 Å². The van der Waals surface area contributed by atoms with Crippen LogP contribution in [0.1, 0.15) is 47.6 Å². The van der Waals surface area contributed by atoms with Gasteiger partial charge >= 0.3 is 12.1 Å². The zero-order valence-electron chi connectivity index (χ0n) is 17.6. The monoisotopic (exact) mass is 468 g/mol. The fourth-order valence-electron chi connectivity index (χ4n) is 4.09. The van der Waals surface area contributed by atoms with Crippen LogP contribution in [0.2, 0.25) is 0 Å². The number of fused-ring (bicyclic) bond motifs is 1. The van der Waals surface area contributed by atoms with Crippen molar-refractivity contribution >= 4 is 22.3 Å². The minimum Gasteiger partial charge on any atom is -0.492 e. The van der Waals surface area contributed by atoms with E-state index < -0.39 is 17.8 Å². The zero-order chi connectivity index (χ0) is 23.0. The Labute approximate surface area is 186 Å². The Kier molecular flexibility index (Phi) is 6.13. The summed E-state index contributed by atoms with van der Waals surface area (Å²) in [5, 5.41) is 15.2. The van der Waals surface area contributed by atoms with Crippen LogP contribution in [0.25, 0.3) is 4.96 Å². The SMILES string of the molecule is CCc1nc2sc([C@@H](c3cccc(C(F)(F)F)c3)N3CCC(C(=O)OC)CC3)c(O)n2n1. The first-order chi connectivity index (χ1) is 15.2. The predicted molar refractivity (Wildman–Crippen MR) is 112 cm³/mol. The number of hydrogen-bond donors (Lipinski definition) is 1. The lowest BCUT2D eigenvalue weighted by Gasteiger charge is -2.36. The first kappa shape index (κ1) is 22.5. The van der Waals surface area contributed by atoms with E-state index in [2.05, 4.69) is 10.1 Å². The van der Waals surface area contributed by atoms with Crippen LogP contribution in [0.3, 0.4) is 0 Å². The smallest absolute Gasteiger partial charge is 0.416 e. The first-order valence-corrected chi connectivity index (χ1v) is 11.1. The lowest BCUT2D eigenvalue weighted by Crippen LogP contribution is -2.39. The number of hydrogen-bond acceptors (Lipinski definition) is 7. The molecule has 0 aliphatic carbocycles. The van der Waals surface area contributed by atoms with Crippen LogP contribution in [-0.2, 0) is 22.1 Å². The van der Waals surface area contributed by atoms with E-state index in [1.165, 1.54) is 29.0 Å². The molecule has 3 aromatic rings. The number of carbonyl (C=O) groups is 1. The van der Waals surface area contributed by atoms with Crippen molar-refractivity contribution in [2.24, 2.45) is 5.92 Å². The number of likely N-dealkylation sites (tertiary alicyclic amines) is 1. The van der Waals surface area contributed by atoms with Crippen molar-refractivity contribution in [3.8, 4) is 5.88 Å². The van der Waals surface area contributed by atoms with Gasteiger partial charge in [-0.3, -0.25) is 9.69 Å². The lowest BCUT2D eigenvalue weighted by atomic mass is 9.93. The second-order valence-electron chi connectivity index (χ2n) is 7.73. The molecule has 1 saturated heterocycles. The molecule has 0 unspecified atom stereocenters. The maximum atomic E-state index is 13.4. The van der Waals surface area contributed by atoms with E-state index in [1.54, 1.807) is 6.07 Å². The Hall–Kier alpha value is -2.66. The van der Waals surface area contributed by atoms with E-state index in [-0.39, 0.29) is 17.8 Å². The van der Waals surface area contributed by atoms with E-state index in [0.29, 0.717) is 53.6 Å². The molecule has 4 rings (SSSR count). The lowest BCUT2D eigenvalue weighted by molar-refractivity contribution is -0.147. The van der Waals surface area contributed by atoms with Crippen LogP contribution in [0.5, 0.6) is 5.88 Å². The van der Waals surface area contributed by atoms with Gasteiger partial charge in [-0.15, -0.1) is 5.10 Å². The van der Waals surface area contributed by atoms with E-state index in [9.17, 15) is 23.1 Å². The van der Waals surface area contributed by atoms with Crippen LogP contribution in [0, 0.1) is 5.92 Å². The second kappa shape index (κ2) is 8.70. The molecule has 0 saturated carbocycles. The number of aromatic nitrogens is 3. The predicted octanol–water partition coefficient (Wildman–Crippen LogP) is 4.05. The quantitative estimate of drug-likeness (QED) is 0.569. The summed E-state index contributed by atoms with van der Waals surface area (Å²) in [7, 11) is 1.34. The Morgan fingerprint density at radius 3 is 2.66 bits per heavy atom. The number of piperidine rings is 1. The van der Waals surface area contributed by atoms with E-state index in [4.69, 9.17) is 4.74 Å². The number of thiazole rings is 1. The van der Waals surface area contributed by atoms with Gasteiger partial charge in [0, 0.05) is 6.42 Å². The van der Waals surface area contributed by atoms with Gasteiger partial charge in [-0.1, -0.05) is 30.4 Å². The third kappa shape index (κ3) is 4.18. The highest BCUT2D eigenvalue weighted by Gasteiger charge is 2.36. The van der Waals surface area contributed by atoms with E-state index in [0.717, 1.165) is 12.1 Å². The number of benzene rings is 1. The number of ether oxygens (including phenoxy) is 1. The minimum absolute atomic E-state index is 0.130. The Bertz CT molecular complexity index is 1120. The molecule has 1 N–H and O–H groups in total. The third-order valence-electron chi connectivity index (χ3n) is 5.77. The number of aryl methyl sites for hydroxylation is 1. The van der Waals surface area contributed by atoms with Crippen molar-refractivity contribution in [1.82, 2.24) is 19.5 Å². The molecular formula is C21H23F3N4O3S. The van der Waals surface area contributed by atoms with Gasteiger partial charge in [-0.2, -0.15) is 17.7 Å². The van der Waals surface area contributed by atoms with Crippen molar-refractivity contribution in [3.05, 3.63) is 46.1 Å². The molecule has 2 aromatic heterocycles. The molecule has 1 atom stereocenters. The number of halogens is 3. The number of carbonyl (C=O) groups excluding carboxylic acids is 1. The first-order valence-electron chi connectivity index (χ1n) is 10.3. The highest BCUT2D eigenvalue weighted by atomic mass is 32.1. The molecule has 11 heteroatoms. The maximum absolute atomic E-state index is 13.4. The molecule has 0 bridgehead atoms. The number of rotatable bonds is 5. The molecule has 1 aliphatic heterocycles. The van der Waals surface area contributed by atoms with Crippen molar-refractivity contribution in [1.29, 1.82) is 0 Å². The molecule has 172 valence electrons. The van der Waals surface area contributed by atoms with E-state index in [1.807, 2.05) is 11.8 Å². The molecule has 1 fully saturated rings. The molecule has 1 aromatic carbocycles. The van der Waals surface area contributed by atoms with Gasteiger partial charge in [0.2, 0.25) is 10.8 Å². The normalized spacial score (nSPS) is 17.0. The number of nitrogens with zero attached hydrogens (tertiary/aromatic N) is 4. The summed E-state index contributed by atoms with van der Waals surface area (Å²) in [6.45, 7) is 2.83. The summed E-state index contributed by atoms with van der Waals surface area (Å²) in [5.41, 5.74) is -0.344. The Morgan fingerprint density at radius 2 is 2.06 bits per heavy atom. The number of aromatic hydroxyl groups is 1. The molecule has 0 spiro atoms. The second-order valence-corrected chi connectivity index (χ2v) is 8.73. The topological polar surface area (TPSA) is 80.0 Å². The molecule has 32 heavy (non-hydrogen) atoms. The van der Waals surface area contributed by atoms with Gasteiger partial charge in [0.15, 0.2) is 5.82 Å². The van der Waals surface area contributed by atoms with Crippen LogP contribution >= 0.6 is 11.3 Å². The molecule has 3 heterocycles. The average Bonchev–Trinajstić information content (AvgIpc) is 3.32. The Morgan fingerprint density at radius 1 is 1.34 bits per heavy atom. The van der Waals surface area contributed by atoms with Crippen molar-refractivity contribution < 1.29 is 27.8 Å². The van der Waals surface area contributed by atoms with Crippen molar-refractivity contribution in [3.63, 3.8) is 0 Å². The fraction of sp³-hybridized carbons (Fsp3) is 0.476. The van der Waals surface area contributed by atoms with Gasteiger partial charge < -0.3 is 9.84 Å². The largest absolute Gasteiger partial charge is 0.492 e. The van der Waals surface area contributed by atoms with Gasteiger partial charge in [0.25, 0.3) is 0 Å². The summed E-state index contributed by atoms with van der Waals surface area (Å²) >= 11 is 1.21. The van der Waals surface area contributed by atoms with Crippen molar-refractivity contribution in [2.75, 3.05) is 20.2 Å². The number of alkyl halides is 3. The summed E-state index contributed by atoms with van der Waals surface area (Å²) in [6.07, 6.45) is -2.85. The van der Waals surface area contributed by atoms with Crippen molar-refractivity contribution in [2.45, 2.75) is 38.4 Å². The number of esters is 1. The fourth-order valence-corrected chi connectivity index (χ4v) is 5.23. The van der Waals surface area contributed by atoms with Crippen LogP contribution < -0.4 is 0 Å². The zero-order valence-corrected chi connectivity index (χ0v) is 18.4. The highest BCUT2D eigenvalue weighted by molar-refractivity contribution is 7.17. The number of methoxy groups -OCH3 is 1. The van der Waals surface area contributed by atoms with Crippen LogP contribution in [0.4, 0.5) is 13.2 Å². The molecule has 0 amide bonds. The van der Waals surface area contributed by atoms with Gasteiger partial charge in [-0.25, -0.2) is 4.98 Å². The maximum Gasteiger partial charge on any atom is 0.416 e. The van der Waals surface area contributed by atoms with Gasteiger partial charge in [-0.05, 0) is 43.6 Å². The standard InChI is InChI=1S/C21H23F3N4O3S/c1-3-15-25-20-28(26-15)18(29)17(32-20)16(13-5-4-6-14(11-13)21(22,23)24)27-9-7-12(8-10-27)19(30)31-2/h4-6,11-12,16,29H,3,7-10H2,1-2H3/t16-/m1/s1. The molecule has 7 nitrogen and oxygen atoms in total.